The number of nitrogens with zero attached hydrogens (tertiary/aromatic N) is 2. The molecule has 0 aliphatic rings. The van der Waals surface area contributed by atoms with Gasteiger partial charge in [-0.05, 0) is 65.8 Å². The maximum Gasteiger partial charge on any atom is 0.248 e. The molecule has 4 N–H and O–H groups in total. The number of benzene rings is 2. The van der Waals surface area contributed by atoms with E-state index in [1.165, 1.54) is 0 Å². The van der Waals surface area contributed by atoms with Gasteiger partial charge in [-0.2, -0.15) is 0 Å². The molecule has 0 heterocycles. The third-order valence-corrected chi connectivity index (χ3v) is 5.39. The van der Waals surface area contributed by atoms with Crippen LogP contribution in [-0.4, -0.2) is 47.4 Å². The van der Waals surface area contributed by atoms with E-state index in [1.807, 2.05) is 74.5 Å². The van der Waals surface area contributed by atoms with Crippen molar-refractivity contribution in [1.82, 2.24) is 10.6 Å². The van der Waals surface area contributed by atoms with Gasteiger partial charge in [-0.3, -0.25) is 10.8 Å². The lowest BCUT2D eigenvalue weighted by molar-refractivity contribution is 0.315. The summed E-state index contributed by atoms with van der Waals surface area (Å²) in [4.78, 5) is 10.6. The Bertz CT molecular complexity index is 961. The van der Waals surface area contributed by atoms with Gasteiger partial charge in [0.25, 0.3) is 0 Å². The summed E-state index contributed by atoms with van der Waals surface area (Å²) in [6.07, 6.45) is 1.38. The van der Waals surface area contributed by atoms with Crippen molar-refractivity contribution in [3.8, 4) is 0 Å². The predicted octanol–water partition coefficient (Wildman–Crippen LogP) is 5.34. The molecule has 0 saturated carbocycles. The number of oxime groups is 2. The molecular weight excluding hydrogens is 452 g/mol. The molecule has 0 saturated heterocycles. The molecule has 0 atom stereocenters. The second-order valence-electron chi connectivity index (χ2n) is 10.2. The maximum atomic E-state index is 8.00. The minimum Gasteiger partial charge on any atom is -0.337 e. The van der Waals surface area contributed by atoms with Crippen LogP contribution in [0.1, 0.15) is 65.5 Å². The average molecular weight is 493 g/mol. The summed E-state index contributed by atoms with van der Waals surface area (Å²) in [7, 11) is 0. The third-order valence-electron chi connectivity index (χ3n) is 5.39. The highest BCUT2D eigenvalue weighted by molar-refractivity contribution is 5.93. The van der Waals surface area contributed by atoms with Crippen LogP contribution < -0.4 is 10.6 Å². The van der Waals surface area contributed by atoms with Crippen molar-refractivity contribution in [2.24, 2.45) is 10.3 Å². The summed E-state index contributed by atoms with van der Waals surface area (Å²) in [6, 6.07) is 18.6. The Labute approximate surface area is 215 Å². The van der Waals surface area contributed by atoms with E-state index < -0.39 is 0 Å². The van der Waals surface area contributed by atoms with Gasteiger partial charge in [-0.1, -0.05) is 46.7 Å². The fourth-order valence-electron chi connectivity index (χ4n) is 3.80. The smallest absolute Gasteiger partial charge is 0.248 e. The van der Waals surface area contributed by atoms with Crippen molar-refractivity contribution in [3.05, 3.63) is 71.8 Å². The van der Waals surface area contributed by atoms with E-state index in [-0.39, 0.29) is 22.9 Å². The van der Waals surface area contributed by atoms with Gasteiger partial charge in [0.1, 0.15) is 0 Å². The lowest BCUT2D eigenvalue weighted by Crippen LogP contribution is -2.48. The molecule has 2 aromatic rings. The minimum atomic E-state index is -0.180. The van der Waals surface area contributed by atoms with Crippen LogP contribution in [0, 0.1) is 10.8 Å². The minimum absolute atomic E-state index is 0.0354. The van der Waals surface area contributed by atoms with Gasteiger partial charge in [0.15, 0.2) is 0 Å². The Kier molecular flexibility index (Phi) is 11.0. The Balaban J connectivity index is 1.72. The van der Waals surface area contributed by atoms with Gasteiger partial charge in [0.2, 0.25) is 11.8 Å². The topological polar surface area (TPSA) is 115 Å². The summed E-state index contributed by atoms with van der Waals surface area (Å²) in [6.45, 7) is 13.8. The van der Waals surface area contributed by atoms with Crippen LogP contribution in [0.2, 0.25) is 0 Å². The summed E-state index contributed by atoms with van der Waals surface area (Å²) in [5.41, 5.74) is 2.66. The summed E-state index contributed by atoms with van der Waals surface area (Å²) in [5.74, 6) is 0.0709. The van der Waals surface area contributed by atoms with Crippen LogP contribution in [0.3, 0.4) is 0 Å². The van der Waals surface area contributed by atoms with E-state index >= 15 is 0 Å². The van der Waals surface area contributed by atoms with Gasteiger partial charge >= 0.3 is 0 Å². The molecule has 194 valence electrons. The van der Waals surface area contributed by atoms with Gasteiger partial charge in [0, 0.05) is 48.1 Å². The SMILES string of the molecule is C/C(CC(C)(C)NCCNC(C)(C)C/C(C)=N/OC(=N)c1ccccc1)=N\OC(=N)c1ccccc1. The molecule has 0 unspecified atom stereocenters. The quantitative estimate of drug-likeness (QED) is 0.131. The zero-order valence-electron chi connectivity index (χ0n) is 22.3. The van der Waals surface area contributed by atoms with Crippen molar-refractivity contribution in [3.63, 3.8) is 0 Å². The largest absolute Gasteiger partial charge is 0.337 e. The van der Waals surface area contributed by atoms with E-state index in [9.17, 15) is 0 Å². The molecule has 2 rings (SSSR count). The highest BCUT2D eigenvalue weighted by Crippen LogP contribution is 2.12. The second-order valence-corrected chi connectivity index (χ2v) is 10.2. The molecule has 2 aromatic carbocycles. The van der Waals surface area contributed by atoms with Crippen molar-refractivity contribution in [2.75, 3.05) is 13.1 Å². The third kappa shape index (κ3) is 10.9. The molecular formula is C28H40N6O2. The number of nitrogens with one attached hydrogen (secondary N) is 4. The van der Waals surface area contributed by atoms with Gasteiger partial charge in [0.05, 0.1) is 11.4 Å². The molecule has 0 aliphatic carbocycles. The molecule has 0 amide bonds. The van der Waals surface area contributed by atoms with Crippen LogP contribution in [0.15, 0.2) is 71.0 Å². The molecule has 0 bridgehead atoms. The Morgan fingerprint density at radius 1 is 0.667 bits per heavy atom. The number of hydrogen-bond acceptors (Lipinski definition) is 8. The first kappa shape index (κ1) is 28.9. The first-order valence-electron chi connectivity index (χ1n) is 12.2. The maximum absolute atomic E-state index is 8.00. The zero-order valence-corrected chi connectivity index (χ0v) is 22.3. The lowest BCUT2D eigenvalue weighted by Gasteiger charge is -2.29. The van der Waals surface area contributed by atoms with Gasteiger partial charge in [-0.15, -0.1) is 0 Å². The standard InChI is InChI=1S/C28H40N6O2/c1-21(33-35-25(29)23-13-9-7-10-14-23)19-27(3,4)31-17-18-32-28(5,6)20-22(2)34-36-26(30)24-15-11-8-12-16-24/h7-16,29-32H,17-20H2,1-6H3/b29-25?,30-26?,33-21+,34-22+. The molecule has 0 radical (unpaired) electrons. The van der Waals surface area contributed by atoms with Crippen LogP contribution >= 0.6 is 0 Å². The van der Waals surface area contributed by atoms with Gasteiger partial charge < -0.3 is 20.3 Å². The first-order chi connectivity index (χ1) is 17.0. The molecule has 36 heavy (non-hydrogen) atoms. The fraction of sp³-hybridized carbons (Fsp3) is 0.429. The van der Waals surface area contributed by atoms with E-state index in [0.29, 0.717) is 24.0 Å². The van der Waals surface area contributed by atoms with Crippen LogP contribution in [0.4, 0.5) is 0 Å². The van der Waals surface area contributed by atoms with E-state index in [1.54, 1.807) is 0 Å². The van der Waals surface area contributed by atoms with Crippen LogP contribution in [-0.2, 0) is 9.68 Å². The van der Waals surface area contributed by atoms with Crippen molar-refractivity contribution >= 4 is 23.2 Å². The van der Waals surface area contributed by atoms with E-state index in [0.717, 1.165) is 24.5 Å². The average Bonchev–Trinajstić information content (AvgIpc) is 2.84. The molecule has 0 aromatic heterocycles. The van der Waals surface area contributed by atoms with Crippen molar-refractivity contribution in [1.29, 1.82) is 10.8 Å². The number of hydrogen-bond donors (Lipinski definition) is 4. The van der Waals surface area contributed by atoms with Crippen LogP contribution in [0.25, 0.3) is 0 Å². The van der Waals surface area contributed by atoms with Crippen molar-refractivity contribution < 1.29 is 9.68 Å². The molecule has 0 spiro atoms. The highest BCUT2D eigenvalue weighted by Gasteiger charge is 2.21. The zero-order chi connectivity index (χ0) is 26.6. The first-order valence-corrected chi connectivity index (χ1v) is 12.2. The van der Waals surface area contributed by atoms with Crippen LogP contribution in [0.5, 0.6) is 0 Å². The Morgan fingerprint density at radius 3 is 1.33 bits per heavy atom. The molecule has 0 aliphatic heterocycles. The van der Waals surface area contributed by atoms with E-state index in [4.69, 9.17) is 20.5 Å². The summed E-state index contributed by atoms with van der Waals surface area (Å²) in [5, 5.41) is 31.4. The molecule has 0 fully saturated rings. The summed E-state index contributed by atoms with van der Waals surface area (Å²) < 4.78 is 0. The highest BCUT2D eigenvalue weighted by atomic mass is 16.6. The monoisotopic (exact) mass is 492 g/mol. The number of rotatable bonds is 13. The van der Waals surface area contributed by atoms with Crippen molar-refractivity contribution in [2.45, 2.75) is 65.5 Å². The van der Waals surface area contributed by atoms with Gasteiger partial charge in [-0.25, -0.2) is 0 Å². The predicted molar refractivity (Wildman–Crippen MR) is 148 cm³/mol. The lowest BCUT2D eigenvalue weighted by atomic mass is 9.97. The molecule has 8 nitrogen and oxygen atoms in total. The summed E-state index contributed by atoms with van der Waals surface area (Å²) >= 11 is 0. The Morgan fingerprint density at radius 2 is 1.00 bits per heavy atom. The fourth-order valence-corrected chi connectivity index (χ4v) is 3.80. The second kappa shape index (κ2) is 13.7. The molecule has 8 heteroatoms. The Hall–Kier alpha value is -3.36. The van der Waals surface area contributed by atoms with E-state index in [2.05, 4.69) is 48.6 Å². The normalized spacial score (nSPS) is 12.8.